The molecular weight excluding hydrogens is 86.0 g/mol. The van der Waals surface area contributed by atoms with Gasteiger partial charge in [0.15, 0.2) is 0 Å². The smallest absolute Gasteiger partial charge is 0.129 e. The molecule has 0 aromatic heterocycles. The van der Waals surface area contributed by atoms with E-state index in [1.807, 2.05) is 5.73 Å². The van der Waals surface area contributed by atoms with Crippen LogP contribution in [0, 0.1) is 0 Å². The Hall–Kier alpha value is -0.620. The Kier molecular flexibility index (Phi) is 3.93. The van der Waals surface area contributed by atoms with Crippen LogP contribution in [-0.2, 0) is 0 Å². The standard InChI is InChI=1S/C4H4F2/c5-3-1-2-4-6/h1,4H,3H2. The van der Waals surface area contributed by atoms with Gasteiger partial charge in [-0.15, -0.1) is 0 Å². The summed E-state index contributed by atoms with van der Waals surface area (Å²) in [6.07, 6.45) is 1.12. The Morgan fingerprint density at radius 1 is 1.67 bits per heavy atom. The van der Waals surface area contributed by atoms with Crippen LogP contribution in [0.4, 0.5) is 8.78 Å². The lowest BCUT2D eigenvalue weighted by molar-refractivity contribution is 0.561. The number of rotatable bonds is 1. The normalized spacial score (nSPS) is 6.33. The first-order chi connectivity index (χ1) is 2.91. The van der Waals surface area contributed by atoms with Crippen LogP contribution in [-0.4, -0.2) is 6.67 Å². The van der Waals surface area contributed by atoms with E-state index in [1.54, 1.807) is 0 Å². The van der Waals surface area contributed by atoms with E-state index < -0.39 is 6.67 Å². The number of hydrogen-bond donors (Lipinski definition) is 0. The van der Waals surface area contributed by atoms with Gasteiger partial charge in [-0.2, -0.15) is 0 Å². The third-order valence-electron chi connectivity index (χ3n) is 0.258. The van der Waals surface area contributed by atoms with Crippen molar-refractivity contribution in [2.75, 3.05) is 6.67 Å². The maximum atomic E-state index is 10.9. The Bertz CT molecular complexity index is 69.6. The zero-order valence-electron chi connectivity index (χ0n) is 3.12. The molecule has 0 aromatic rings. The predicted molar refractivity (Wildman–Crippen MR) is 19.7 cm³/mol. The molecule has 0 atom stereocenters. The first kappa shape index (κ1) is 5.38. The van der Waals surface area contributed by atoms with Gasteiger partial charge in [0.05, 0.1) is 0 Å². The van der Waals surface area contributed by atoms with Crippen molar-refractivity contribution < 1.29 is 8.78 Å². The summed E-state index contributed by atoms with van der Waals surface area (Å²) in [7, 11) is 0. The van der Waals surface area contributed by atoms with Crippen molar-refractivity contribution >= 4 is 0 Å². The topological polar surface area (TPSA) is 0 Å². The molecule has 0 aliphatic rings. The van der Waals surface area contributed by atoms with Crippen LogP contribution in [0.3, 0.4) is 0 Å². The fourth-order valence-corrected chi connectivity index (χ4v) is 0.0891. The van der Waals surface area contributed by atoms with Gasteiger partial charge in [-0.1, -0.05) is 5.73 Å². The van der Waals surface area contributed by atoms with Gasteiger partial charge >= 0.3 is 0 Å². The second kappa shape index (κ2) is 4.38. The fraction of sp³-hybridized carbons (Fsp3) is 0.250. The largest absolute Gasteiger partial charge is 0.246 e. The quantitative estimate of drug-likeness (QED) is 0.429. The Morgan fingerprint density at radius 3 is 2.50 bits per heavy atom. The first-order valence-electron chi connectivity index (χ1n) is 1.47. The van der Waals surface area contributed by atoms with Gasteiger partial charge in [-0.3, -0.25) is 0 Å². The average Bonchev–Trinajstić information content (AvgIpc) is 1.61. The fourth-order valence-electron chi connectivity index (χ4n) is 0.0891. The van der Waals surface area contributed by atoms with E-state index in [0.29, 0.717) is 0 Å². The number of halogens is 2. The van der Waals surface area contributed by atoms with Crippen molar-refractivity contribution in [1.29, 1.82) is 0 Å². The minimum atomic E-state index is -0.652. The third kappa shape index (κ3) is 3.38. The molecule has 34 valence electrons. The first-order valence-corrected chi connectivity index (χ1v) is 1.47. The van der Waals surface area contributed by atoms with Crippen LogP contribution in [0.2, 0.25) is 0 Å². The van der Waals surface area contributed by atoms with Crippen molar-refractivity contribution in [2.24, 2.45) is 0 Å². The van der Waals surface area contributed by atoms with E-state index in [2.05, 4.69) is 0 Å². The monoisotopic (exact) mass is 90.0 g/mol. The van der Waals surface area contributed by atoms with Crippen molar-refractivity contribution in [3.63, 3.8) is 0 Å². The minimum absolute atomic E-state index is 0.166. The van der Waals surface area contributed by atoms with Gasteiger partial charge < -0.3 is 0 Å². The van der Waals surface area contributed by atoms with E-state index >= 15 is 0 Å². The second-order valence-corrected chi connectivity index (χ2v) is 0.634. The summed E-state index contributed by atoms with van der Waals surface area (Å²) in [5.41, 5.74) is 1.91. The van der Waals surface area contributed by atoms with Crippen LogP contribution in [0.5, 0.6) is 0 Å². The van der Waals surface area contributed by atoms with E-state index in [9.17, 15) is 8.78 Å². The van der Waals surface area contributed by atoms with Gasteiger partial charge in [-0.25, -0.2) is 8.78 Å². The predicted octanol–water partition coefficient (Wildman–Crippen LogP) is 1.59. The molecule has 0 radical (unpaired) electrons. The van der Waals surface area contributed by atoms with Crippen molar-refractivity contribution in [3.8, 4) is 0 Å². The van der Waals surface area contributed by atoms with Crippen LogP contribution in [0.1, 0.15) is 0 Å². The van der Waals surface area contributed by atoms with E-state index in [0.717, 1.165) is 6.08 Å². The second-order valence-electron chi connectivity index (χ2n) is 0.634. The highest BCUT2D eigenvalue weighted by atomic mass is 19.1. The molecule has 0 aliphatic carbocycles. The number of hydrogen-bond acceptors (Lipinski definition) is 0. The number of allylic oxidation sites excluding steroid dienone is 1. The average molecular weight is 90.1 g/mol. The molecule has 0 amide bonds. The zero-order chi connectivity index (χ0) is 4.83. The molecule has 0 saturated carbocycles. The molecule has 0 unspecified atom stereocenters. The summed E-state index contributed by atoms with van der Waals surface area (Å²) >= 11 is 0. The molecule has 0 saturated heterocycles. The summed E-state index contributed by atoms with van der Waals surface area (Å²) in [6, 6.07) is 0. The molecule has 0 nitrogen and oxygen atoms in total. The van der Waals surface area contributed by atoms with E-state index in [4.69, 9.17) is 0 Å². The number of alkyl halides is 1. The SMILES string of the molecule is FC=C=CCF. The molecular formula is C4H4F2. The highest BCUT2D eigenvalue weighted by molar-refractivity contribution is 4.77. The third-order valence-corrected chi connectivity index (χ3v) is 0.258. The van der Waals surface area contributed by atoms with E-state index in [1.165, 1.54) is 0 Å². The molecule has 0 aromatic carbocycles. The highest BCUT2D eigenvalue weighted by Crippen LogP contribution is 1.68. The van der Waals surface area contributed by atoms with Gasteiger partial charge in [0.2, 0.25) is 0 Å². The van der Waals surface area contributed by atoms with Crippen LogP contribution in [0.15, 0.2) is 18.1 Å². The minimum Gasteiger partial charge on any atom is -0.246 e. The molecule has 0 spiro atoms. The summed E-state index contributed by atoms with van der Waals surface area (Å²) in [4.78, 5) is 0. The molecule has 6 heavy (non-hydrogen) atoms. The Balaban J connectivity index is 3.18. The van der Waals surface area contributed by atoms with Crippen molar-refractivity contribution in [1.82, 2.24) is 0 Å². The van der Waals surface area contributed by atoms with Crippen molar-refractivity contribution in [3.05, 3.63) is 18.1 Å². The van der Waals surface area contributed by atoms with Gasteiger partial charge in [0.25, 0.3) is 0 Å². The van der Waals surface area contributed by atoms with Crippen LogP contribution < -0.4 is 0 Å². The van der Waals surface area contributed by atoms with Crippen molar-refractivity contribution in [2.45, 2.75) is 0 Å². The molecule has 0 bridgehead atoms. The Labute approximate surface area is 34.8 Å². The Morgan fingerprint density at radius 2 is 2.33 bits per heavy atom. The highest BCUT2D eigenvalue weighted by Gasteiger charge is 1.57. The summed E-state index contributed by atoms with van der Waals surface area (Å²) in [6.45, 7) is -0.652. The van der Waals surface area contributed by atoms with Gasteiger partial charge in [0.1, 0.15) is 13.0 Å². The van der Waals surface area contributed by atoms with E-state index in [-0.39, 0.29) is 6.33 Å². The van der Waals surface area contributed by atoms with Gasteiger partial charge in [-0.05, 0) is 6.08 Å². The molecule has 0 heterocycles. The lowest BCUT2D eigenvalue weighted by Crippen LogP contribution is -1.51. The molecule has 0 fully saturated rings. The molecule has 0 rings (SSSR count). The lowest BCUT2D eigenvalue weighted by Gasteiger charge is -1.58. The maximum absolute atomic E-state index is 10.9. The van der Waals surface area contributed by atoms with Crippen LogP contribution >= 0.6 is 0 Å². The molecule has 0 aliphatic heterocycles. The molecule has 2 heteroatoms. The summed E-state index contributed by atoms with van der Waals surface area (Å²) in [5, 5.41) is 0. The summed E-state index contributed by atoms with van der Waals surface area (Å²) in [5.74, 6) is 0. The maximum Gasteiger partial charge on any atom is 0.129 e. The van der Waals surface area contributed by atoms with Gasteiger partial charge in [0, 0.05) is 0 Å². The van der Waals surface area contributed by atoms with Crippen LogP contribution in [0.25, 0.3) is 0 Å². The zero-order valence-corrected chi connectivity index (χ0v) is 3.12. The summed E-state index contributed by atoms with van der Waals surface area (Å²) < 4.78 is 21.6. The molecule has 0 N–H and O–H groups in total. The lowest BCUT2D eigenvalue weighted by atomic mass is 10.7.